The summed E-state index contributed by atoms with van der Waals surface area (Å²) in [6, 6.07) is 2.62. The summed E-state index contributed by atoms with van der Waals surface area (Å²) < 4.78 is 8.13. The van der Waals surface area contributed by atoms with Crippen molar-refractivity contribution in [3.63, 3.8) is 0 Å². The first-order chi connectivity index (χ1) is 8.63. The molecule has 0 bridgehead atoms. The fraction of sp³-hybridized carbons (Fsp3) is 0.692. The largest absolute Gasteiger partial charge is 0.378 e. The van der Waals surface area contributed by atoms with Gasteiger partial charge in [-0.1, -0.05) is 6.92 Å². The number of halogens is 2. The van der Waals surface area contributed by atoms with E-state index in [0.29, 0.717) is 18.1 Å². The standard InChI is InChI=1S/C13H19Br2NOS/c1-3-5-16-12(9-4-6-17-8(9)2)10-7-11(14)18-13(10)15/h7-9,12,16H,3-6H2,1-2H3. The third-order valence-corrected chi connectivity index (χ3v) is 5.88. The van der Waals surface area contributed by atoms with Gasteiger partial charge in [0, 0.05) is 18.6 Å². The molecule has 1 N–H and O–H groups in total. The number of hydrogen-bond donors (Lipinski definition) is 1. The van der Waals surface area contributed by atoms with Gasteiger partial charge in [0.15, 0.2) is 0 Å². The molecule has 3 unspecified atom stereocenters. The quantitative estimate of drug-likeness (QED) is 0.775. The van der Waals surface area contributed by atoms with Crippen LogP contribution in [0.4, 0.5) is 0 Å². The average Bonchev–Trinajstić information content (AvgIpc) is 2.87. The highest BCUT2D eigenvalue weighted by molar-refractivity contribution is 9.12. The second kappa shape index (κ2) is 6.84. The molecule has 1 aliphatic rings. The molecule has 1 aliphatic heterocycles. The van der Waals surface area contributed by atoms with Crippen LogP contribution >= 0.6 is 43.2 Å². The molecule has 0 saturated carbocycles. The molecule has 5 heteroatoms. The maximum absolute atomic E-state index is 5.73. The second-order valence-electron chi connectivity index (χ2n) is 4.74. The lowest BCUT2D eigenvalue weighted by Crippen LogP contribution is -2.32. The molecule has 2 nitrogen and oxygen atoms in total. The summed E-state index contributed by atoms with van der Waals surface area (Å²) in [5.74, 6) is 0.564. The van der Waals surface area contributed by atoms with E-state index < -0.39 is 0 Å². The Morgan fingerprint density at radius 3 is 2.83 bits per heavy atom. The molecule has 3 atom stereocenters. The van der Waals surface area contributed by atoms with Gasteiger partial charge in [-0.25, -0.2) is 0 Å². The third kappa shape index (κ3) is 3.37. The Bertz CT molecular complexity index is 396. The van der Waals surface area contributed by atoms with Crippen LogP contribution in [-0.4, -0.2) is 19.3 Å². The first-order valence-electron chi connectivity index (χ1n) is 6.43. The molecule has 2 heterocycles. The van der Waals surface area contributed by atoms with Gasteiger partial charge in [-0.3, -0.25) is 0 Å². The van der Waals surface area contributed by atoms with Crippen molar-refractivity contribution in [2.75, 3.05) is 13.2 Å². The molecular weight excluding hydrogens is 378 g/mol. The summed E-state index contributed by atoms with van der Waals surface area (Å²) in [6.07, 6.45) is 2.63. The first kappa shape index (κ1) is 15.0. The van der Waals surface area contributed by atoms with Crippen molar-refractivity contribution < 1.29 is 4.74 Å². The van der Waals surface area contributed by atoms with Crippen LogP contribution < -0.4 is 5.32 Å². The Hall–Kier alpha value is 0.580. The van der Waals surface area contributed by atoms with Crippen molar-refractivity contribution in [2.24, 2.45) is 5.92 Å². The monoisotopic (exact) mass is 395 g/mol. The summed E-state index contributed by atoms with van der Waals surface area (Å²) >= 11 is 9.00. The summed E-state index contributed by atoms with van der Waals surface area (Å²) in [6.45, 7) is 6.33. The zero-order valence-corrected chi connectivity index (χ0v) is 14.7. The molecule has 1 fully saturated rings. The van der Waals surface area contributed by atoms with Crippen LogP contribution in [0.1, 0.15) is 38.3 Å². The predicted molar refractivity (Wildman–Crippen MR) is 84.3 cm³/mol. The molecule has 0 aliphatic carbocycles. The number of hydrogen-bond acceptors (Lipinski definition) is 3. The van der Waals surface area contributed by atoms with E-state index in [1.807, 2.05) is 0 Å². The molecule has 0 spiro atoms. The minimum atomic E-state index is 0.338. The Kier molecular flexibility index (Phi) is 5.69. The fourth-order valence-corrected chi connectivity index (χ4v) is 5.47. The van der Waals surface area contributed by atoms with Gasteiger partial charge in [0.25, 0.3) is 0 Å². The topological polar surface area (TPSA) is 21.3 Å². The Labute approximate surface area is 130 Å². The van der Waals surface area contributed by atoms with Crippen molar-refractivity contribution in [3.05, 3.63) is 19.2 Å². The lowest BCUT2D eigenvalue weighted by Gasteiger charge is -2.27. The molecule has 1 aromatic rings. The van der Waals surface area contributed by atoms with Gasteiger partial charge in [0.2, 0.25) is 0 Å². The van der Waals surface area contributed by atoms with Gasteiger partial charge in [-0.05, 0) is 69.8 Å². The highest BCUT2D eigenvalue weighted by Gasteiger charge is 2.34. The van der Waals surface area contributed by atoms with Crippen LogP contribution in [0.15, 0.2) is 13.6 Å². The summed E-state index contributed by atoms with van der Waals surface area (Å²) in [7, 11) is 0. The van der Waals surface area contributed by atoms with Crippen LogP contribution in [0, 0.1) is 5.92 Å². The smallest absolute Gasteiger partial charge is 0.0758 e. The summed E-state index contributed by atoms with van der Waals surface area (Å²) in [5, 5.41) is 3.69. The van der Waals surface area contributed by atoms with E-state index in [1.165, 1.54) is 13.1 Å². The zero-order chi connectivity index (χ0) is 13.1. The molecule has 0 radical (unpaired) electrons. The van der Waals surface area contributed by atoms with E-state index in [2.05, 4.69) is 57.1 Å². The number of ether oxygens (including phenoxy) is 1. The molecular formula is C13H19Br2NOS. The van der Waals surface area contributed by atoms with E-state index >= 15 is 0 Å². The van der Waals surface area contributed by atoms with Crippen molar-refractivity contribution in [2.45, 2.75) is 38.8 Å². The lowest BCUT2D eigenvalue weighted by molar-refractivity contribution is 0.0953. The third-order valence-electron chi connectivity index (χ3n) is 3.50. The SMILES string of the molecule is CCCNC(c1cc(Br)sc1Br)C1CCOC1C. The average molecular weight is 397 g/mol. The first-order valence-corrected chi connectivity index (χ1v) is 8.83. The molecule has 2 rings (SSSR count). The Morgan fingerprint density at radius 2 is 2.33 bits per heavy atom. The minimum absolute atomic E-state index is 0.338. The van der Waals surface area contributed by atoms with E-state index in [0.717, 1.165) is 26.0 Å². The molecule has 0 amide bonds. The molecule has 1 aromatic heterocycles. The Balaban J connectivity index is 2.21. The van der Waals surface area contributed by atoms with E-state index in [4.69, 9.17) is 4.74 Å². The number of thiophene rings is 1. The summed E-state index contributed by atoms with van der Waals surface area (Å²) in [4.78, 5) is 0. The van der Waals surface area contributed by atoms with E-state index in [-0.39, 0.29) is 0 Å². The van der Waals surface area contributed by atoms with Crippen LogP contribution in [0.2, 0.25) is 0 Å². The maximum Gasteiger partial charge on any atom is 0.0758 e. The number of nitrogens with one attached hydrogen (secondary N) is 1. The summed E-state index contributed by atoms with van der Waals surface area (Å²) in [5.41, 5.74) is 1.36. The van der Waals surface area contributed by atoms with Crippen LogP contribution in [0.5, 0.6) is 0 Å². The van der Waals surface area contributed by atoms with E-state index in [9.17, 15) is 0 Å². The van der Waals surface area contributed by atoms with Crippen molar-refractivity contribution >= 4 is 43.2 Å². The van der Waals surface area contributed by atoms with E-state index in [1.54, 1.807) is 11.3 Å². The van der Waals surface area contributed by atoms with Crippen LogP contribution in [0.25, 0.3) is 0 Å². The molecule has 102 valence electrons. The van der Waals surface area contributed by atoms with Gasteiger partial charge in [0.1, 0.15) is 0 Å². The molecule has 0 aromatic carbocycles. The molecule has 18 heavy (non-hydrogen) atoms. The highest BCUT2D eigenvalue weighted by atomic mass is 79.9. The van der Waals surface area contributed by atoms with Crippen LogP contribution in [-0.2, 0) is 4.74 Å². The maximum atomic E-state index is 5.73. The lowest BCUT2D eigenvalue weighted by atomic mass is 9.89. The minimum Gasteiger partial charge on any atom is -0.378 e. The van der Waals surface area contributed by atoms with Crippen LogP contribution in [0.3, 0.4) is 0 Å². The van der Waals surface area contributed by atoms with Gasteiger partial charge in [0.05, 0.1) is 13.7 Å². The zero-order valence-electron chi connectivity index (χ0n) is 10.7. The Morgan fingerprint density at radius 1 is 1.56 bits per heavy atom. The molecule has 1 saturated heterocycles. The van der Waals surface area contributed by atoms with Gasteiger partial charge in [-0.2, -0.15) is 0 Å². The fourth-order valence-electron chi connectivity index (χ4n) is 2.54. The van der Waals surface area contributed by atoms with Crippen molar-refractivity contribution in [3.8, 4) is 0 Å². The predicted octanol–water partition coefficient (Wildman–Crippen LogP) is 4.74. The second-order valence-corrected chi connectivity index (χ2v) is 8.49. The number of rotatable bonds is 5. The van der Waals surface area contributed by atoms with Crippen molar-refractivity contribution in [1.29, 1.82) is 0 Å². The van der Waals surface area contributed by atoms with Gasteiger partial charge >= 0.3 is 0 Å². The normalized spacial score (nSPS) is 25.6. The highest BCUT2D eigenvalue weighted by Crippen LogP contribution is 2.41. The van der Waals surface area contributed by atoms with Crippen molar-refractivity contribution in [1.82, 2.24) is 5.32 Å². The van der Waals surface area contributed by atoms with Gasteiger partial charge in [-0.15, -0.1) is 11.3 Å². The van der Waals surface area contributed by atoms with Gasteiger partial charge < -0.3 is 10.1 Å².